The topological polar surface area (TPSA) is 30.7 Å². The van der Waals surface area contributed by atoms with Crippen LogP contribution in [0.3, 0.4) is 0 Å². The zero-order valence-electron chi connectivity index (χ0n) is 33.6. The molecule has 0 radical (unpaired) electrons. The van der Waals surface area contributed by atoms with E-state index in [-0.39, 0.29) is 0 Å². The SMILES string of the molecule is c1ccc(-c2cccc(-n3c4ccc(-c5ccccc5)cc4c4c(-c5cccc(-c6cccc(-c7nc(-c8ccccc8)c8c(n7)sc7ccccc78)c6)c5)cccc43)c2)cc1. The van der Waals surface area contributed by atoms with Gasteiger partial charge >= 0.3 is 0 Å². The number of fused-ring (bicyclic) bond motifs is 6. The summed E-state index contributed by atoms with van der Waals surface area (Å²) in [5.41, 5.74) is 15.9. The zero-order valence-corrected chi connectivity index (χ0v) is 34.4. The highest BCUT2D eigenvalue weighted by molar-refractivity contribution is 7.25. The average molecular weight is 808 g/mol. The highest BCUT2D eigenvalue weighted by Gasteiger charge is 2.20. The van der Waals surface area contributed by atoms with Crippen molar-refractivity contribution in [2.24, 2.45) is 0 Å². The second-order valence-electron chi connectivity index (χ2n) is 15.8. The van der Waals surface area contributed by atoms with E-state index in [9.17, 15) is 0 Å². The fourth-order valence-corrected chi connectivity index (χ4v) is 10.2. The highest BCUT2D eigenvalue weighted by Crippen LogP contribution is 2.43. The van der Waals surface area contributed by atoms with E-state index in [0.29, 0.717) is 0 Å². The fraction of sp³-hybridized carbons (Fsp3) is 0. The van der Waals surface area contributed by atoms with Crippen molar-refractivity contribution < 1.29 is 0 Å². The Labute approximate surface area is 363 Å². The van der Waals surface area contributed by atoms with Gasteiger partial charge in [-0.25, -0.2) is 9.97 Å². The van der Waals surface area contributed by atoms with Crippen LogP contribution in [0.25, 0.3) is 115 Å². The Morgan fingerprint density at radius 1 is 0.339 bits per heavy atom. The number of hydrogen-bond donors (Lipinski definition) is 0. The molecule has 0 amide bonds. The molecule has 0 unspecified atom stereocenters. The Bertz CT molecular complexity index is 3620. The van der Waals surface area contributed by atoms with Crippen molar-refractivity contribution in [3.05, 3.63) is 224 Å². The third-order valence-corrected chi connectivity index (χ3v) is 13.1. The molecule has 0 N–H and O–H groups in total. The predicted octanol–water partition coefficient (Wildman–Crippen LogP) is 15.9. The van der Waals surface area contributed by atoms with Crippen LogP contribution in [0.15, 0.2) is 224 Å². The first-order valence-corrected chi connectivity index (χ1v) is 21.8. The van der Waals surface area contributed by atoms with Gasteiger partial charge in [-0.05, 0) is 93.0 Å². The van der Waals surface area contributed by atoms with E-state index in [2.05, 4.69) is 229 Å². The summed E-state index contributed by atoms with van der Waals surface area (Å²) in [7, 11) is 0. The van der Waals surface area contributed by atoms with Crippen molar-refractivity contribution in [3.63, 3.8) is 0 Å². The second kappa shape index (κ2) is 15.0. The van der Waals surface area contributed by atoms with Crippen molar-refractivity contribution in [2.45, 2.75) is 0 Å². The molecule has 62 heavy (non-hydrogen) atoms. The molecular formula is C58H37N3S. The van der Waals surface area contributed by atoms with Crippen LogP contribution in [0.1, 0.15) is 0 Å². The van der Waals surface area contributed by atoms with Crippen LogP contribution in [0.2, 0.25) is 0 Å². The first-order valence-electron chi connectivity index (χ1n) is 21.0. The maximum absolute atomic E-state index is 5.30. The molecule has 12 rings (SSSR count). The maximum Gasteiger partial charge on any atom is 0.161 e. The lowest BCUT2D eigenvalue weighted by atomic mass is 9.94. The summed E-state index contributed by atoms with van der Waals surface area (Å²) in [4.78, 5) is 11.5. The van der Waals surface area contributed by atoms with E-state index in [0.717, 1.165) is 55.2 Å². The van der Waals surface area contributed by atoms with Crippen LogP contribution in [0.5, 0.6) is 0 Å². The number of rotatable bonds is 7. The smallest absolute Gasteiger partial charge is 0.161 e. The van der Waals surface area contributed by atoms with Gasteiger partial charge < -0.3 is 4.57 Å². The van der Waals surface area contributed by atoms with Gasteiger partial charge in [-0.2, -0.15) is 0 Å². The van der Waals surface area contributed by atoms with Gasteiger partial charge in [-0.15, -0.1) is 11.3 Å². The lowest BCUT2D eigenvalue weighted by molar-refractivity contribution is 1.18. The summed E-state index contributed by atoms with van der Waals surface area (Å²) >= 11 is 1.73. The zero-order chi connectivity index (χ0) is 41.0. The molecular weight excluding hydrogens is 771 g/mol. The molecule has 0 spiro atoms. The van der Waals surface area contributed by atoms with Crippen LogP contribution in [-0.4, -0.2) is 14.5 Å². The first-order chi connectivity index (χ1) is 30.7. The minimum Gasteiger partial charge on any atom is -0.309 e. The van der Waals surface area contributed by atoms with Gasteiger partial charge in [0.25, 0.3) is 0 Å². The molecule has 0 bridgehead atoms. The standard InChI is InChI=1S/C58H37N3S/c1-4-16-38(17-5-1)43-24-14-27-47(36-43)61-51-33-32-44(39-18-6-2-7-19-39)37-50(51)54-48(29-15-30-52(54)61)45-25-12-22-41(34-45)42-23-13-26-46(35-42)57-59-56(40-20-8-3-9-21-40)55-49-28-10-11-31-53(49)62-58(55)60-57/h1-37H. The van der Waals surface area contributed by atoms with Crippen LogP contribution >= 0.6 is 11.3 Å². The molecule has 0 saturated carbocycles. The molecule has 9 aromatic carbocycles. The third kappa shape index (κ3) is 6.20. The van der Waals surface area contributed by atoms with Crippen molar-refractivity contribution in [3.8, 4) is 72.8 Å². The summed E-state index contributed by atoms with van der Waals surface area (Å²) in [6, 6.07) is 80.6. The quantitative estimate of drug-likeness (QED) is 0.161. The van der Waals surface area contributed by atoms with E-state index in [1.807, 2.05) is 0 Å². The number of nitrogens with zero attached hydrogens (tertiary/aromatic N) is 3. The lowest BCUT2D eigenvalue weighted by Crippen LogP contribution is -1.94. The van der Waals surface area contributed by atoms with Gasteiger partial charge in [0.15, 0.2) is 5.82 Å². The summed E-state index contributed by atoms with van der Waals surface area (Å²) in [5, 5.41) is 4.76. The molecule has 290 valence electrons. The molecule has 3 heterocycles. The van der Waals surface area contributed by atoms with Crippen molar-refractivity contribution in [2.75, 3.05) is 0 Å². The van der Waals surface area contributed by atoms with Gasteiger partial charge in [-0.3, -0.25) is 0 Å². The van der Waals surface area contributed by atoms with Crippen molar-refractivity contribution in [1.82, 2.24) is 14.5 Å². The molecule has 0 saturated heterocycles. The number of benzene rings is 9. The number of aromatic nitrogens is 3. The summed E-state index contributed by atoms with van der Waals surface area (Å²) in [5.74, 6) is 0.726. The minimum atomic E-state index is 0.726. The van der Waals surface area contributed by atoms with E-state index in [1.165, 1.54) is 59.7 Å². The Kier molecular flexibility index (Phi) is 8.68. The number of thiophene rings is 1. The normalized spacial score (nSPS) is 11.5. The Hall–Kier alpha value is -7.92. The van der Waals surface area contributed by atoms with Crippen LogP contribution < -0.4 is 0 Å². The number of hydrogen-bond acceptors (Lipinski definition) is 3. The lowest BCUT2D eigenvalue weighted by Gasteiger charge is -2.12. The Morgan fingerprint density at radius 2 is 0.903 bits per heavy atom. The van der Waals surface area contributed by atoms with Gasteiger partial charge in [0.2, 0.25) is 0 Å². The van der Waals surface area contributed by atoms with E-state index < -0.39 is 0 Å². The van der Waals surface area contributed by atoms with Crippen molar-refractivity contribution >= 4 is 53.4 Å². The minimum absolute atomic E-state index is 0.726. The third-order valence-electron chi connectivity index (χ3n) is 12.0. The van der Waals surface area contributed by atoms with E-state index in [4.69, 9.17) is 9.97 Å². The van der Waals surface area contributed by atoms with Gasteiger partial charge in [0.05, 0.1) is 16.7 Å². The molecule has 3 aromatic heterocycles. The molecule has 4 heteroatoms. The van der Waals surface area contributed by atoms with Gasteiger partial charge in [0, 0.05) is 43.1 Å². The average Bonchev–Trinajstić information content (AvgIpc) is 3.90. The Balaban J connectivity index is 1.01. The predicted molar refractivity (Wildman–Crippen MR) is 262 cm³/mol. The molecule has 0 aliphatic carbocycles. The maximum atomic E-state index is 5.30. The van der Waals surface area contributed by atoms with Crippen LogP contribution in [-0.2, 0) is 0 Å². The van der Waals surface area contributed by atoms with Crippen LogP contribution in [0, 0.1) is 0 Å². The van der Waals surface area contributed by atoms with Crippen LogP contribution in [0.4, 0.5) is 0 Å². The second-order valence-corrected chi connectivity index (χ2v) is 16.8. The molecule has 12 aromatic rings. The van der Waals surface area contributed by atoms with E-state index in [1.54, 1.807) is 11.3 Å². The summed E-state index contributed by atoms with van der Waals surface area (Å²) < 4.78 is 3.65. The fourth-order valence-electron chi connectivity index (χ4n) is 9.12. The molecule has 0 atom stereocenters. The first kappa shape index (κ1) is 36.0. The highest BCUT2D eigenvalue weighted by atomic mass is 32.1. The molecule has 0 aliphatic rings. The summed E-state index contributed by atoms with van der Waals surface area (Å²) in [6.45, 7) is 0. The van der Waals surface area contributed by atoms with Gasteiger partial charge in [-0.1, -0.05) is 176 Å². The summed E-state index contributed by atoms with van der Waals surface area (Å²) in [6.07, 6.45) is 0. The largest absolute Gasteiger partial charge is 0.309 e. The van der Waals surface area contributed by atoms with E-state index >= 15 is 0 Å². The monoisotopic (exact) mass is 807 g/mol. The van der Waals surface area contributed by atoms with Gasteiger partial charge in [0.1, 0.15) is 4.83 Å². The molecule has 3 nitrogen and oxygen atoms in total. The molecule has 0 aliphatic heterocycles. The Morgan fingerprint density at radius 3 is 1.65 bits per heavy atom. The molecule has 0 fully saturated rings. The van der Waals surface area contributed by atoms with Crippen molar-refractivity contribution in [1.29, 1.82) is 0 Å².